The second-order valence-corrected chi connectivity index (χ2v) is 15.2. The van der Waals surface area contributed by atoms with Gasteiger partial charge in [0, 0.05) is 5.41 Å². The standard InChI is InChI=1S/C30H50O2/c1-20-21(32)8-9-22-27(20,5)11-10-23-28(6)15-14-26(4)13-12-25(2,3)18-24(26)29(28,7)16-17-30(22,23)19-31/h19-24,32H,8-18H2,1-7H3. The maximum absolute atomic E-state index is 13.2. The van der Waals surface area contributed by atoms with Crippen LogP contribution in [-0.2, 0) is 4.79 Å². The predicted molar refractivity (Wildman–Crippen MR) is 131 cm³/mol. The molecule has 5 aliphatic carbocycles. The predicted octanol–water partition coefficient (Wildman–Crippen LogP) is 7.43. The number of aliphatic hydroxyl groups is 1. The summed E-state index contributed by atoms with van der Waals surface area (Å²) in [6.45, 7) is 17.6. The fourth-order valence-corrected chi connectivity index (χ4v) is 11.1. The molecule has 0 saturated heterocycles. The summed E-state index contributed by atoms with van der Waals surface area (Å²) < 4.78 is 0. The first-order chi connectivity index (χ1) is 14.8. The van der Waals surface area contributed by atoms with Crippen molar-refractivity contribution >= 4 is 6.29 Å². The highest BCUT2D eigenvalue weighted by Crippen LogP contribution is 2.78. The third-order valence-electron chi connectivity index (χ3n) is 13.8. The lowest BCUT2D eigenvalue weighted by Gasteiger charge is -2.74. The molecule has 0 aromatic carbocycles. The average Bonchev–Trinajstić information content (AvgIpc) is 2.74. The van der Waals surface area contributed by atoms with Gasteiger partial charge in [-0.1, -0.05) is 48.5 Å². The maximum atomic E-state index is 13.2. The highest BCUT2D eigenvalue weighted by Gasteiger charge is 2.72. The van der Waals surface area contributed by atoms with E-state index >= 15 is 0 Å². The average molecular weight is 443 g/mol. The first kappa shape index (κ1) is 23.4. The van der Waals surface area contributed by atoms with Crippen molar-refractivity contribution in [2.45, 2.75) is 125 Å². The van der Waals surface area contributed by atoms with Gasteiger partial charge >= 0.3 is 0 Å². The number of aldehydes is 1. The van der Waals surface area contributed by atoms with Crippen molar-refractivity contribution < 1.29 is 9.90 Å². The maximum Gasteiger partial charge on any atom is 0.126 e. The van der Waals surface area contributed by atoms with Gasteiger partial charge in [-0.05, 0) is 121 Å². The third kappa shape index (κ3) is 2.71. The molecule has 5 saturated carbocycles. The summed E-state index contributed by atoms with van der Waals surface area (Å²) in [7, 11) is 0. The van der Waals surface area contributed by atoms with Crippen molar-refractivity contribution in [1.82, 2.24) is 0 Å². The zero-order valence-electron chi connectivity index (χ0n) is 22.1. The van der Waals surface area contributed by atoms with Crippen LogP contribution in [0.1, 0.15) is 119 Å². The Hall–Kier alpha value is -0.370. The molecule has 10 unspecified atom stereocenters. The molecule has 5 rings (SSSR count). The minimum absolute atomic E-state index is 0.106. The lowest BCUT2D eigenvalue weighted by atomic mass is 9.30. The van der Waals surface area contributed by atoms with Crippen molar-refractivity contribution in [1.29, 1.82) is 0 Å². The van der Waals surface area contributed by atoms with Gasteiger partial charge in [-0.25, -0.2) is 0 Å². The number of carbonyl (C=O) groups is 1. The highest BCUT2D eigenvalue weighted by atomic mass is 16.3. The Bertz CT molecular complexity index is 788. The van der Waals surface area contributed by atoms with Crippen LogP contribution in [0.25, 0.3) is 0 Å². The molecule has 5 fully saturated rings. The summed E-state index contributed by atoms with van der Waals surface area (Å²) >= 11 is 0. The van der Waals surface area contributed by atoms with Gasteiger partial charge in [0.1, 0.15) is 6.29 Å². The third-order valence-corrected chi connectivity index (χ3v) is 13.8. The molecular weight excluding hydrogens is 392 g/mol. The van der Waals surface area contributed by atoms with Gasteiger partial charge in [0.2, 0.25) is 0 Å². The molecular formula is C30H50O2. The summed E-state index contributed by atoms with van der Waals surface area (Å²) in [6, 6.07) is 0. The highest BCUT2D eigenvalue weighted by molar-refractivity contribution is 5.62. The monoisotopic (exact) mass is 442 g/mol. The normalized spacial score (nSPS) is 59.2. The van der Waals surface area contributed by atoms with E-state index in [0.717, 1.165) is 25.2 Å². The number of hydrogen-bond acceptors (Lipinski definition) is 2. The van der Waals surface area contributed by atoms with Gasteiger partial charge in [0.25, 0.3) is 0 Å². The van der Waals surface area contributed by atoms with Gasteiger partial charge in [-0.15, -0.1) is 0 Å². The summed E-state index contributed by atoms with van der Waals surface area (Å²) in [5, 5.41) is 10.7. The fraction of sp³-hybridized carbons (Fsp3) is 0.967. The molecule has 5 aliphatic rings. The first-order valence-electron chi connectivity index (χ1n) is 13.9. The molecule has 1 N–H and O–H groups in total. The van der Waals surface area contributed by atoms with Crippen molar-refractivity contribution in [2.75, 3.05) is 0 Å². The van der Waals surface area contributed by atoms with Crippen molar-refractivity contribution in [3.05, 3.63) is 0 Å². The van der Waals surface area contributed by atoms with Gasteiger partial charge < -0.3 is 9.90 Å². The Morgan fingerprint density at radius 2 is 1.34 bits per heavy atom. The Morgan fingerprint density at radius 3 is 2.03 bits per heavy atom. The lowest BCUT2D eigenvalue weighted by Crippen LogP contribution is -2.69. The fourth-order valence-electron chi connectivity index (χ4n) is 11.1. The molecule has 32 heavy (non-hydrogen) atoms. The van der Waals surface area contributed by atoms with E-state index < -0.39 is 0 Å². The van der Waals surface area contributed by atoms with E-state index in [4.69, 9.17) is 0 Å². The topological polar surface area (TPSA) is 37.3 Å². The van der Waals surface area contributed by atoms with Crippen molar-refractivity contribution in [3.8, 4) is 0 Å². The summed E-state index contributed by atoms with van der Waals surface area (Å²) in [5.41, 5.74) is 1.46. The van der Waals surface area contributed by atoms with Crippen LogP contribution in [-0.4, -0.2) is 17.5 Å². The second-order valence-electron chi connectivity index (χ2n) is 15.2. The number of fused-ring (bicyclic) bond motifs is 7. The van der Waals surface area contributed by atoms with Crippen LogP contribution in [0, 0.1) is 56.2 Å². The van der Waals surface area contributed by atoms with Crippen LogP contribution in [0.4, 0.5) is 0 Å². The molecule has 2 nitrogen and oxygen atoms in total. The molecule has 2 heteroatoms. The second kappa shape index (κ2) is 6.86. The number of rotatable bonds is 1. The van der Waals surface area contributed by atoms with Gasteiger partial charge in [0.15, 0.2) is 0 Å². The smallest absolute Gasteiger partial charge is 0.126 e. The zero-order valence-corrected chi connectivity index (χ0v) is 22.1. The molecule has 0 bridgehead atoms. The summed E-state index contributed by atoms with van der Waals surface area (Å²) in [4.78, 5) is 13.2. The van der Waals surface area contributed by atoms with E-state index in [-0.39, 0.29) is 22.3 Å². The molecule has 0 heterocycles. The van der Waals surface area contributed by atoms with E-state index in [1.165, 1.54) is 57.7 Å². The minimum atomic E-state index is -0.194. The van der Waals surface area contributed by atoms with E-state index in [1.807, 2.05) is 0 Å². The number of hydrogen-bond donors (Lipinski definition) is 1. The van der Waals surface area contributed by atoms with Crippen LogP contribution < -0.4 is 0 Å². The molecule has 0 amide bonds. The minimum Gasteiger partial charge on any atom is -0.393 e. The summed E-state index contributed by atoms with van der Waals surface area (Å²) in [5.74, 6) is 2.04. The molecule has 0 spiro atoms. The van der Waals surface area contributed by atoms with E-state index in [9.17, 15) is 9.90 Å². The van der Waals surface area contributed by atoms with Crippen molar-refractivity contribution in [3.63, 3.8) is 0 Å². The molecule has 0 aliphatic heterocycles. The summed E-state index contributed by atoms with van der Waals surface area (Å²) in [6.07, 6.45) is 14.6. The zero-order chi connectivity index (χ0) is 23.4. The van der Waals surface area contributed by atoms with Crippen LogP contribution in [0.5, 0.6) is 0 Å². The van der Waals surface area contributed by atoms with Gasteiger partial charge in [-0.3, -0.25) is 0 Å². The Balaban J connectivity index is 1.57. The van der Waals surface area contributed by atoms with Crippen LogP contribution >= 0.6 is 0 Å². The molecule has 0 radical (unpaired) electrons. The van der Waals surface area contributed by atoms with Crippen LogP contribution in [0.2, 0.25) is 0 Å². The quantitative estimate of drug-likeness (QED) is 0.429. The number of aliphatic hydroxyl groups excluding tert-OH is 1. The van der Waals surface area contributed by atoms with E-state index in [0.29, 0.717) is 34.0 Å². The van der Waals surface area contributed by atoms with Crippen LogP contribution in [0.15, 0.2) is 0 Å². The van der Waals surface area contributed by atoms with Gasteiger partial charge in [0.05, 0.1) is 6.10 Å². The molecule has 10 atom stereocenters. The first-order valence-corrected chi connectivity index (χ1v) is 13.9. The Labute approximate surface area is 197 Å². The van der Waals surface area contributed by atoms with Gasteiger partial charge in [-0.2, -0.15) is 0 Å². The lowest BCUT2D eigenvalue weighted by molar-refractivity contribution is -0.257. The molecule has 0 aromatic heterocycles. The largest absolute Gasteiger partial charge is 0.393 e. The van der Waals surface area contributed by atoms with E-state index in [1.54, 1.807) is 0 Å². The molecule has 0 aromatic rings. The van der Waals surface area contributed by atoms with Crippen LogP contribution in [0.3, 0.4) is 0 Å². The SMILES string of the molecule is CC1C(O)CCC2C1(C)CCC1C2(C=O)CCC2(C)C3CC(C)(C)CCC3(C)CCC12C. The Kier molecular flexibility index (Phi) is 5.01. The molecule has 182 valence electrons. The Morgan fingerprint density at radius 1 is 0.719 bits per heavy atom. The number of carbonyl (C=O) groups excluding carboxylic acids is 1. The van der Waals surface area contributed by atoms with Crippen molar-refractivity contribution in [2.24, 2.45) is 56.2 Å². The van der Waals surface area contributed by atoms with E-state index in [2.05, 4.69) is 48.5 Å².